The maximum atomic E-state index is 9.62. The van der Waals surface area contributed by atoms with Crippen LogP contribution in [0.1, 0.15) is 43.8 Å². The van der Waals surface area contributed by atoms with E-state index in [-0.39, 0.29) is 6.10 Å². The average Bonchev–Trinajstić information content (AvgIpc) is 2.95. The van der Waals surface area contributed by atoms with Gasteiger partial charge in [-0.3, -0.25) is 4.90 Å². The Morgan fingerprint density at radius 3 is 2.72 bits per heavy atom. The lowest BCUT2D eigenvalue weighted by atomic mass is 10.0. The summed E-state index contributed by atoms with van der Waals surface area (Å²) < 4.78 is 2.16. The summed E-state index contributed by atoms with van der Waals surface area (Å²) in [6.07, 6.45) is 3.42. The van der Waals surface area contributed by atoms with Gasteiger partial charge in [0.05, 0.1) is 12.6 Å². The van der Waals surface area contributed by atoms with Crippen molar-refractivity contribution >= 4 is 0 Å². The van der Waals surface area contributed by atoms with Crippen molar-refractivity contribution in [1.82, 2.24) is 19.7 Å². The highest BCUT2D eigenvalue weighted by Crippen LogP contribution is 2.38. The second-order valence-electron chi connectivity index (χ2n) is 5.83. The van der Waals surface area contributed by atoms with Crippen molar-refractivity contribution in [3.05, 3.63) is 11.6 Å². The number of aromatic nitrogens is 3. The lowest BCUT2D eigenvalue weighted by molar-refractivity contribution is 0.127. The molecule has 5 nitrogen and oxygen atoms in total. The highest BCUT2D eigenvalue weighted by Gasteiger charge is 2.31. The van der Waals surface area contributed by atoms with Crippen LogP contribution in [0.15, 0.2) is 0 Å². The fourth-order valence-electron chi connectivity index (χ4n) is 2.81. The van der Waals surface area contributed by atoms with E-state index in [9.17, 15) is 5.11 Å². The number of aliphatic hydroxyl groups is 1. The third kappa shape index (κ3) is 2.29. The summed E-state index contributed by atoms with van der Waals surface area (Å²) in [6, 6.07) is 0. The van der Waals surface area contributed by atoms with Crippen LogP contribution in [0.4, 0.5) is 0 Å². The van der Waals surface area contributed by atoms with Crippen LogP contribution >= 0.6 is 0 Å². The van der Waals surface area contributed by atoms with E-state index < -0.39 is 0 Å². The van der Waals surface area contributed by atoms with Crippen molar-refractivity contribution in [3.8, 4) is 0 Å². The Labute approximate surface area is 108 Å². The molecule has 0 spiro atoms. The van der Waals surface area contributed by atoms with E-state index in [0.29, 0.717) is 11.8 Å². The van der Waals surface area contributed by atoms with Gasteiger partial charge >= 0.3 is 0 Å². The van der Waals surface area contributed by atoms with Gasteiger partial charge in [0.1, 0.15) is 11.6 Å². The molecule has 5 heteroatoms. The van der Waals surface area contributed by atoms with Crippen molar-refractivity contribution in [2.24, 2.45) is 13.0 Å². The van der Waals surface area contributed by atoms with Gasteiger partial charge in [-0.25, -0.2) is 0 Å². The highest BCUT2D eigenvalue weighted by atomic mass is 16.3. The van der Waals surface area contributed by atoms with E-state index >= 15 is 0 Å². The third-order valence-corrected chi connectivity index (χ3v) is 4.30. The monoisotopic (exact) mass is 250 g/mol. The fourth-order valence-corrected chi connectivity index (χ4v) is 2.81. The summed E-state index contributed by atoms with van der Waals surface area (Å²) in [5.74, 6) is 3.28. The summed E-state index contributed by atoms with van der Waals surface area (Å²) in [5, 5.41) is 18.2. The van der Waals surface area contributed by atoms with E-state index in [4.69, 9.17) is 0 Å². The maximum absolute atomic E-state index is 9.62. The van der Waals surface area contributed by atoms with E-state index in [1.807, 2.05) is 6.92 Å². The smallest absolute Gasteiger partial charge is 0.146 e. The molecular formula is C13H22N4O. The van der Waals surface area contributed by atoms with Gasteiger partial charge in [-0.2, -0.15) is 0 Å². The molecule has 2 fully saturated rings. The third-order valence-electron chi connectivity index (χ3n) is 4.30. The standard InChI is InChI=1S/C13H22N4O/c1-9(18)11-5-6-17(7-11)8-12-14-15-13(16(12)2)10-3-4-10/h9-11,18H,3-8H2,1-2H3. The molecule has 2 aliphatic rings. The van der Waals surface area contributed by atoms with Gasteiger partial charge in [-0.05, 0) is 38.6 Å². The molecule has 1 aliphatic heterocycles. The Hall–Kier alpha value is -0.940. The van der Waals surface area contributed by atoms with Crippen LogP contribution in [0.3, 0.4) is 0 Å². The molecule has 1 saturated carbocycles. The highest BCUT2D eigenvalue weighted by molar-refractivity contribution is 5.07. The van der Waals surface area contributed by atoms with Crippen molar-refractivity contribution in [2.45, 2.75) is 44.8 Å². The minimum Gasteiger partial charge on any atom is -0.393 e. The number of hydrogen-bond acceptors (Lipinski definition) is 4. The van der Waals surface area contributed by atoms with Crippen LogP contribution in [-0.4, -0.2) is 44.0 Å². The zero-order chi connectivity index (χ0) is 12.7. The Kier molecular flexibility index (Phi) is 3.11. The van der Waals surface area contributed by atoms with Crippen LogP contribution in [0.2, 0.25) is 0 Å². The maximum Gasteiger partial charge on any atom is 0.146 e. The first-order valence-corrected chi connectivity index (χ1v) is 6.93. The van der Waals surface area contributed by atoms with Gasteiger partial charge in [0, 0.05) is 19.5 Å². The van der Waals surface area contributed by atoms with Crippen molar-refractivity contribution in [3.63, 3.8) is 0 Å². The summed E-state index contributed by atoms with van der Waals surface area (Å²) in [5.41, 5.74) is 0. The van der Waals surface area contributed by atoms with E-state index in [1.54, 1.807) is 0 Å². The predicted molar refractivity (Wildman–Crippen MR) is 68.0 cm³/mol. The molecular weight excluding hydrogens is 228 g/mol. The quantitative estimate of drug-likeness (QED) is 0.862. The molecule has 0 aromatic carbocycles. The number of hydrogen-bond donors (Lipinski definition) is 1. The van der Waals surface area contributed by atoms with Gasteiger partial charge in [0.25, 0.3) is 0 Å². The lowest BCUT2D eigenvalue weighted by Crippen LogP contribution is -2.25. The minimum atomic E-state index is -0.198. The van der Waals surface area contributed by atoms with Crippen LogP contribution in [0.25, 0.3) is 0 Å². The van der Waals surface area contributed by atoms with Crippen LogP contribution in [0, 0.1) is 5.92 Å². The topological polar surface area (TPSA) is 54.2 Å². The van der Waals surface area contributed by atoms with Crippen LogP contribution < -0.4 is 0 Å². The molecule has 18 heavy (non-hydrogen) atoms. The summed E-state index contributed by atoms with van der Waals surface area (Å²) in [7, 11) is 2.07. The lowest BCUT2D eigenvalue weighted by Gasteiger charge is -2.16. The molecule has 2 atom stereocenters. The first-order valence-electron chi connectivity index (χ1n) is 6.93. The number of rotatable bonds is 4. The number of likely N-dealkylation sites (tertiary alicyclic amines) is 1. The van der Waals surface area contributed by atoms with Gasteiger partial charge in [-0.15, -0.1) is 10.2 Å². The molecule has 0 radical (unpaired) electrons. The van der Waals surface area contributed by atoms with Crippen molar-refractivity contribution < 1.29 is 5.11 Å². The van der Waals surface area contributed by atoms with Crippen molar-refractivity contribution in [2.75, 3.05) is 13.1 Å². The first-order chi connectivity index (χ1) is 8.65. The van der Waals surface area contributed by atoms with Gasteiger partial charge in [0.2, 0.25) is 0 Å². The van der Waals surface area contributed by atoms with Crippen molar-refractivity contribution in [1.29, 1.82) is 0 Å². The molecule has 0 amide bonds. The summed E-state index contributed by atoms with van der Waals surface area (Å²) in [6.45, 7) is 4.78. The predicted octanol–water partition coefficient (Wildman–Crippen LogP) is 0.895. The minimum absolute atomic E-state index is 0.198. The molecule has 100 valence electrons. The number of nitrogens with zero attached hydrogens (tertiary/aromatic N) is 4. The van der Waals surface area contributed by atoms with Gasteiger partial charge in [0.15, 0.2) is 0 Å². The molecule has 1 aromatic heterocycles. The van der Waals surface area contributed by atoms with Gasteiger partial charge in [-0.1, -0.05) is 0 Å². The van der Waals surface area contributed by atoms with E-state index in [1.165, 1.54) is 12.8 Å². The van der Waals surface area contributed by atoms with Crippen LogP contribution in [0.5, 0.6) is 0 Å². The molecule has 1 aromatic rings. The molecule has 1 saturated heterocycles. The molecule has 2 unspecified atom stereocenters. The normalized spacial score (nSPS) is 26.7. The Morgan fingerprint density at radius 2 is 2.11 bits per heavy atom. The SMILES string of the molecule is CC(O)C1CCN(Cc2nnc(C3CC3)n2C)C1. The second kappa shape index (κ2) is 4.63. The Morgan fingerprint density at radius 1 is 1.33 bits per heavy atom. The molecule has 3 rings (SSSR count). The Balaban J connectivity index is 1.63. The first kappa shape index (κ1) is 12.1. The second-order valence-corrected chi connectivity index (χ2v) is 5.83. The molecule has 2 heterocycles. The average molecular weight is 250 g/mol. The zero-order valence-corrected chi connectivity index (χ0v) is 11.2. The largest absolute Gasteiger partial charge is 0.393 e. The fraction of sp³-hybridized carbons (Fsp3) is 0.846. The van der Waals surface area contributed by atoms with E-state index in [2.05, 4.69) is 26.7 Å². The van der Waals surface area contributed by atoms with E-state index in [0.717, 1.165) is 37.7 Å². The zero-order valence-electron chi connectivity index (χ0n) is 11.2. The van der Waals surface area contributed by atoms with Gasteiger partial charge < -0.3 is 9.67 Å². The Bertz CT molecular complexity index is 425. The summed E-state index contributed by atoms with van der Waals surface area (Å²) in [4.78, 5) is 2.37. The van der Waals surface area contributed by atoms with Crippen LogP contribution in [-0.2, 0) is 13.6 Å². The number of aliphatic hydroxyl groups excluding tert-OH is 1. The molecule has 1 aliphatic carbocycles. The molecule has 0 bridgehead atoms. The molecule has 1 N–H and O–H groups in total. The summed E-state index contributed by atoms with van der Waals surface area (Å²) >= 11 is 0.